The van der Waals surface area contributed by atoms with Gasteiger partial charge in [-0.25, -0.2) is 12.8 Å². The van der Waals surface area contributed by atoms with Gasteiger partial charge in [-0.2, -0.15) is 13.2 Å². The number of alkyl halides is 3. The summed E-state index contributed by atoms with van der Waals surface area (Å²) in [6.07, 6.45) is -2.59. The molecule has 1 aromatic heterocycles. The Morgan fingerprint density at radius 3 is 2.29 bits per heavy atom. The summed E-state index contributed by atoms with van der Waals surface area (Å²) in [6, 6.07) is 9.59. The molecular formula is C22H17Cl2F4N3O3S. The first-order chi connectivity index (χ1) is 16.3. The molecule has 1 heterocycles. The summed E-state index contributed by atoms with van der Waals surface area (Å²) in [5.41, 5.74) is -0.173. The molecule has 0 saturated heterocycles. The molecule has 0 saturated carbocycles. The number of carbonyl (C=O) groups is 1. The highest BCUT2D eigenvalue weighted by molar-refractivity contribution is 7.92. The lowest BCUT2D eigenvalue weighted by molar-refractivity contribution is -0.141. The number of carbonyl (C=O) groups excluding carboxylic acids is 1. The van der Waals surface area contributed by atoms with E-state index in [4.69, 9.17) is 23.2 Å². The zero-order valence-corrected chi connectivity index (χ0v) is 20.2. The second kappa shape index (κ2) is 10.4. The Labute approximate surface area is 208 Å². The number of hydrogen-bond donors (Lipinski definition) is 1. The first-order valence-electron chi connectivity index (χ1n) is 9.77. The van der Waals surface area contributed by atoms with Crippen LogP contribution in [0.2, 0.25) is 10.0 Å². The van der Waals surface area contributed by atoms with E-state index in [1.807, 2.05) is 0 Å². The van der Waals surface area contributed by atoms with Crippen LogP contribution in [0.15, 0.2) is 54.7 Å². The van der Waals surface area contributed by atoms with Crippen LogP contribution in [0.1, 0.15) is 27.2 Å². The summed E-state index contributed by atoms with van der Waals surface area (Å²) in [4.78, 5) is 15.7. The number of nitrogens with one attached hydrogen (secondary N) is 1. The second-order valence-electron chi connectivity index (χ2n) is 7.41. The van der Waals surface area contributed by atoms with E-state index in [-0.39, 0.29) is 39.9 Å². The minimum atomic E-state index is -4.56. The van der Waals surface area contributed by atoms with E-state index in [0.717, 1.165) is 35.0 Å². The largest absolute Gasteiger partial charge is 0.433 e. The molecule has 0 spiro atoms. The Bertz CT molecular complexity index is 1330. The number of amides is 1. The van der Waals surface area contributed by atoms with Crippen LogP contribution in [-0.4, -0.2) is 25.6 Å². The van der Waals surface area contributed by atoms with Crippen LogP contribution in [-0.2, 0) is 29.3 Å². The molecule has 0 aliphatic heterocycles. The number of nitrogens with zero attached hydrogens (tertiary/aromatic N) is 2. The minimum Gasteiger partial charge on any atom is -0.348 e. The molecule has 0 unspecified atom stereocenters. The second-order valence-corrected chi connectivity index (χ2v) is 10.1. The van der Waals surface area contributed by atoms with E-state index in [0.29, 0.717) is 5.56 Å². The monoisotopic (exact) mass is 549 g/mol. The van der Waals surface area contributed by atoms with Gasteiger partial charge in [0, 0.05) is 18.3 Å². The van der Waals surface area contributed by atoms with Gasteiger partial charge in [0.05, 0.1) is 28.5 Å². The molecule has 0 bridgehead atoms. The maximum Gasteiger partial charge on any atom is 0.433 e. The number of benzene rings is 2. The van der Waals surface area contributed by atoms with Gasteiger partial charge in [0.2, 0.25) is 10.0 Å². The smallest absolute Gasteiger partial charge is 0.348 e. The molecule has 0 radical (unpaired) electrons. The average Bonchev–Trinajstić information content (AvgIpc) is 2.78. The Morgan fingerprint density at radius 2 is 1.74 bits per heavy atom. The predicted molar refractivity (Wildman–Crippen MR) is 124 cm³/mol. The van der Waals surface area contributed by atoms with Gasteiger partial charge in [0.25, 0.3) is 5.91 Å². The van der Waals surface area contributed by atoms with Crippen molar-refractivity contribution in [1.82, 2.24) is 10.3 Å². The van der Waals surface area contributed by atoms with E-state index in [1.54, 1.807) is 0 Å². The number of halogens is 6. The van der Waals surface area contributed by atoms with Gasteiger partial charge < -0.3 is 5.32 Å². The summed E-state index contributed by atoms with van der Waals surface area (Å²) >= 11 is 12.0. The molecule has 186 valence electrons. The highest BCUT2D eigenvalue weighted by Crippen LogP contribution is 2.31. The molecule has 1 N–H and O–H groups in total. The SMILES string of the molecule is CS(=O)(=O)N(Cc1cc(F)cc(Cl)c1Cl)c1ccc(C(=O)NCc2ccc(C(F)(F)F)nc2)cc1. The van der Waals surface area contributed by atoms with Crippen molar-refractivity contribution in [2.75, 3.05) is 10.6 Å². The molecule has 1 amide bonds. The number of anilines is 1. The van der Waals surface area contributed by atoms with Crippen LogP contribution < -0.4 is 9.62 Å². The van der Waals surface area contributed by atoms with Crippen molar-refractivity contribution in [3.05, 3.63) is 93.0 Å². The molecule has 3 aromatic rings. The third kappa shape index (κ3) is 6.83. The molecular weight excluding hydrogens is 533 g/mol. The molecule has 0 aliphatic carbocycles. The summed E-state index contributed by atoms with van der Waals surface area (Å²) in [5, 5.41) is 2.49. The van der Waals surface area contributed by atoms with Crippen molar-refractivity contribution in [2.24, 2.45) is 0 Å². The van der Waals surface area contributed by atoms with Gasteiger partial charge in [-0.05, 0) is 53.6 Å². The maximum atomic E-state index is 13.8. The van der Waals surface area contributed by atoms with Crippen molar-refractivity contribution in [3.63, 3.8) is 0 Å². The van der Waals surface area contributed by atoms with E-state index in [2.05, 4.69) is 10.3 Å². The summed E-state index contributed by atoms with van der Waals surface area (Å²) in [6.45, 7) is -0.373. The third-order valence-electron chi connectivity index (χ3n) is 4.77. The van der Waals surface area contributed by atoms with Crippen LogP contribution in [0.4, 0.5) is 23.2 Å². The Balaban J connectivity index is 1.73. The lowest BCUT2D eigenvalue weighted by Gasteiger charge is -2.23. The van der Waals surface area contributed by atoms with Gasteiger partial charge in [-0.1, -0.05) is 29.3 Å². The van der Waals surface area contributed by atoms with Gasteiger partial charge in [0.1, 0.15) is 11.5 Å². The number of hydrogen-bond acceptors (Lipinski definition) is 4. The fourth-order valence-corrected chi connectivity index (χ4v) is 4.31. The Hall–Kier alpha value is -2.89. The van der Waals surface area contributed by atoms with Gasteiger partial charge >= 0.3 is 6.18 Å². The normalized spacial score (nSPS) is 11.9. The highest BCUT2D eigenvalue weighted by atomic mass is 35.5. The molecule has 35 heavy (non-hydrogen) atoms. The van der Waals surface area contributed by atoms with Gasteiger partial charge in [-0.15, -0.1) is 0 Å². The highest BCUT2D eigenvalue weighted by Gasteiger charge is 2.32. The van der Waals surface area contributed by atoms with Crippen molar-refractivity contribution in [1.29, 1.82) is 0 Å². The topological polar surface area (TPSA) is 79.4 Å². The first kappa shape index (κ1) is 26.7. The first-order valence-corrected chi connectivity index (χ1v) is 12.4. The van der Waals surface area contributed by atoms with E-state index >= 15 is 0 Å². The summed E-state index contributed by atoms with van der Waals surface area (Å²) in [7, 11) is -3.83. The Morgan fingerprint density at radius 1 is 1.09 bits per heavy atom. The summed E-state index contributed by atoms with van der Waals surface area (Å²) < 4.78 is 77.3. The zero-order chi connectivity index (χ0) is 26.0. The molecule has 2 aromatic carbocycles. The number of aromatic nitrogens is 1. The van der Waals surface area contributed by atoms with Crippen LogP contribution >= 0.6 is 23.2 Å². The molecule has 13 heteroatoms. The van der Waals surface area contributed by atoms with Crippen molar-refractivity contribution in [3.8, 4) is 0 Å². The number of pyridine rings is 1. The molecule has 0 atom stereocenters. The lowest BCUT2D eigenvalue weighted by Crippen LogP contribution is -2.29. The number of sulfonamides is 1. The standard InChI is InChI=1S/C22H17Cl2F4N3O3S/c1-35(33,34)31(12-15-8-16(25)9-18(23)20(15)24)17-5-3-14(4-6-17)21(32)30-11-13-2-7-19(29-10-13)22(26,27)28/h2-10H,11-12H2,1H3,(H,30,32). The minimum absolute atomic E-state index is 0.00970. The average molecular weight is 550 g/mol. The predicted octanol–water partition coefficient (Wildman–Crippen LogP) is 5.44. The zero-order valence-electron chi connectivity index (χ0n) is 17.9. The molecule has 0 fully saturated rings. The molecule has 6 nitrogen and oxygen atoms in total. The van der Waals surface area contributed by atoms with Crippen LogP contribution in [0, 0.1) is 5.82 Å². The number of rotatable bonds is 7. The van der Waals surface area contributed by atoms with Crippen molar-refractivity contribution < 1.29 is 30.8 Å². The fourth-order valence-electron chi connectivity index (χ4n) is 3.04. The van der Waals surface area contributed by atoms with Crippen LogP contribution in [0.3, 0.4) is 0 Å². The molecule has 0 aliphatic rings. The van der Waals surface area contributed by atoms with E-state index < -0.39 is 33.6 Å². The van der Waals surface area contributed by atoms with E-state index in [9.17, 15) is 30.8 Å². The van der Waals surface area contributed by atoms with Gasteiger partial charge in [-0.3, -0.25) is 14.1 Å². The maximum absolute atomic E-state index is 13.8. The molecule has 3 rings (SSSR count). The van der Waals surface area contributed by atoms with Crippen LogP contribution in [0.5, 0.6) is 0 Å². The van der Waals surface area contributed by atoms with Crippen molar-refractivity contribution in [2.45, 2.75) is 19.3 Å². The fraction of sp³-hybridized carbons (Fsp3) is 0.182. The van der Waals surface area contributed by atoms with Crippen LogP contribution in [0.25, 0.3) is 0 Å². The van der Waals surface area contributed by atoms with E-state index in [1.165, 1.54) is 30.3 Å². The third-order valence-corrected chi connectivity index (χ3v) is 6.75. The lowest BCUT2D eigenvalue weighted by atomic mass is 10.1. The Kier molecular flexibility index (Phi) is 7.93. The van der Waals surface area contributed by atoms with Crippen molar-refractivity contribution >= 4 is 44.8 Å². The van der Waals surface area contributed by atoms with Gasteiger partial charge in [0.15, 0.2) is 0 Å². The quantitative estimate of drug-likeness (QED) is 0.314. The summed E-state index contributed by atoms with van der Waals surface area (Å²) in [5.74, 6) is -1.22.